The highest BCUT2D eigenvalue weighted by Gasteiger charge is 2.18. The Morgan fingerprint density at radius 1 is 1.00 bits per heavy atom. The Bertz CT molecular complexity index is 511. The van der Waals surface area contributed by atoms with Crippen LogP contribution in [0.15, 0.2) is 18.2 Å². The van der Waals surface area contributed by atoms with Gasteiger partial charge in [0.15, 0.2) is 0 Å². The molecule has 1 aromatic carbocycles. The molecule has 0 aliphatic heterocycles. The molecule has 6 nitrogen and oxygen atoms in total. The summed E-state index contributed by atoms with van der Waals surface area (Å²) >= 11 is 0. The number of carboxylic acid groups (broad SMARTS) is 1. The number of carbonyl (C=O) groups is 3. The maximum atomic E-state index is 11.7. The Morgan fingerprint density at radius 3 is 2.11 bits per heavy atom. The van der Waals surface area contributed by atoms with E-state index < -0.39 is 17.8 Å². The molecule has 0 unspecified atom stereocenters. The van der Waals surface area contributed by atoms with Crippen molar-refractivity contribution in [1.29, 1.82) is 0 Å². The number of carboxylic acids is 1. The molecule has 0 fully saturated rings. The Labute approximate surface area is 110 Å². The van der Waals surface area contributed by atoms with Crippen molar-refractivity contribution in [2.45, 2.75) is 0 Å². The summed E-state index contributed by atoms with van der Waals surface area (Å²) in [6, 6.07) is 3.66. The van der Waals surface area contributed by atoms with Gasteiger partial charge in [-0.3, -0.25) is 9.59 Å². The van der Waals surface area contributed by atoms with E-state index in [2.05, 4.69) is 10.6 Å². The zero-order valence-electron chi connectivity index (χ0n) is 9.97. The first-order valence-electron chi connectivity index (χ1n) is 5.35. The minimum atomic E-state index is -1.27. The minimum Gasteiger partial charge on any atom is -0.478 e. The second-order valence-electron chi connectivity index (χ2n) is 3.49. The van der Waals surface area contributed by atoms with E-state index in [1.165, 1.54) is 18.2 Å². The van der Waals surface area contributed by atoms with Crippen LogP contribution in [0.4, 0.5) is 0 Å². The predicted octanol–water partition coefficient (Wildman–Crippen LogP) is 0.267. The van der Waals surface area contributed by atoms with Crippen LogP contribution in [0.25, 0.3) is 0 Å². The van der Waals surface area contributed by atoms with Crippen molar-refractivity contribution in [3.8, 4) is 0 Å². The molecule has 0 aliphatic carbocycles. The molecule has 19 heavy (non-hydrogen) atoms. The second kappa shape index (κ2) is 6.53. The maximum Gasteiger partial charge on any atom is 0.336 e. The molecule has 2 amide bonds. The molecule has 1 aromatic rings. The van der Waals surface area contributed by atoms with Gasteiger partial charge < -0.3 is 15.7 Å². The fourth-order valence-electron chi connectivity index (χ4n) is 1.44. The van der Waals surface area contributed by atoms with Crippen molar-refractivity contribution in [2.75, 3.05) is 13.1 Å². The highest BCUT2D eigenvalue weighted by Crippen LogP contribution is 2.13. The van der Waals surface area contributed by atoms with Crippen LogP contribution in [0.5, 0.6) is 0 Å². The van der Waals surface area contributed by atoms with Gasteiger partial charge in [0.1, 0.15) is 0 Å². The van der Waals surface area contributed by atoms with Crippen molar-refractivity contribution in [1.82, 2.24) is 10.6 Å². The lowest BCUT2D eigenvalue weighted by molar-refractivity contribution is 0.0690. The first kappa shape index (κ1) is 14.7. The number of rotatable bonds is 5. The summed E-state index contributed by atoms with van der Waals surface area (Å²) in [6.45, 7) is 10.1. The molecule has 0 heterocycles. The summed E-state index contributed by atoms with van der Waals surface area (Å²) in [5, 5.41) is 13.6. The molecule has 0 saturated carbocycles. The monoisotopic (exact) mass is 260 g/mol. The number of aromatic carboxylic acids is 1. The van der Waals surface area contributed by atoms with E-state index >= 15 is 0 Å². The second-order valence-corrected chi connectivity index (χ2v) is 3.49. The van der Waals surface area contributed by atoms with Crippen LogP contribution in [-0.4, -0.2) is 36.0 Å². The fourth-order valence-corrected chi connectivity index (χ4v) is 1.44. The zero-order chi connectivity index (χ0) is 14.4. The summed E-state index contributed by atoms with van der Waals surface area (Å²) < 4.78 is 0. The molecule has 0 atom stereocenters. The molecular weight excluding hydrogens is 248 g/mol. The van der Waals surface area contributed by atoms with Crippen molar-refractivity contribution in [2.24, 2.45) is 0 Å². The highest BCUT2D eigenvalue weighted by molar-refractivity contribution is 6.07. The van der Waals surface area contributed by atoms with E-state index in [1.807, 2.05) is 0 Å². The van der Waals surface area contributed by atoms with Gasteiger partial charge in [-0.25, -0.2) is 4.79 Å². The molecule has 1 rings (SSSR count). The van der Waals surface area contributed by atoms with E-state index in [9.17, 15) is 14.4 Å². The van der Waals surface area contributed by atoms with Gasteiger partial charge in [-0.05, 0) is 32.0 Å². The molecule has 98 valence electrons. The van der Waals surface area contributed by atoms with Gasteiger partial charge in [-0.2, -0.15) is 0 Å². The van der Waals surface area contributed by atoms with Gasteiger partial charge in [0.05, 0.1) is 11.1 Å². The fraction of sp³-hybridized carbons (Fsp3) is 0.154. The first-order chi connectivity index (χ1) is 9.01. The largest absolute Gasteiger partial charge is 0.478 e. The molecule has 0 aliphatic rings. The lowest BCUT2D eigenvalue weighted by Crippen LogP contribution is -2.27. The van der Waals surface area contributed by atoms with Crippen molar-refractivity contribution in [3.05, 3.63) is 48.7 Å². The van der Waals surface area contributed by atoms with Crippen LogP contribution in [0.1, 0.15) is 31.1 Å². The Morgan fingerprint density at radius 2 is 1.58 bits per heavy atom. The Balaban J connectivity index is 3.22. The van der Waals surface area contributed by atoms with Gasteiger partial charge in [0, 0.05) is 18.7 Å². The van der Waals surface area contributed by atoms with Crippen molar-refractivity contribution < 1.29 is 19.5 Å². The number of hydrogen-bond acceptors (Lipinski definition) is 3. The quantitative estimate of drug-likeness (QED) is 0.708. The molecule has 0 spiro atoms. The maximum absolute atomic E-state index is 11.7. The van der Waals surface area contributed by atoms with E-state index in [1.54, 1.807) is 0 Å². The van der Waals surface area contributed by atoms with Crippen LogP contribution in [-0.2, 0) is 0 Å². The summed E-state index contributed by atoms with van der Waals surface area (Å²) in [4.78, 5) is 34.3. The standard InChI is InChI=1S/C13H12N2O4/c1-3-14-11(16)8-5-6-9(13(18)19)10(7-8)12(17)15-4-2/h1-2,5-7H,3-4H2,(H,14,16)(H,15,17)(H,18,19). The molecule has 3 N–H and O–H groups in total. The smallest absolute Gasteiger partial charge is 0.336 e. The van der Waals surface area contributed by atoms with Gasteiger partial charge in [0.2, 0.25) is 0 Å². The van der Waals surface area contributed by atoms with Crippen LogP contribution < -0.4 is 10.6 Å². The Hall–Kier alpha value is -2.37. The number of hydrogen-bond donors (Lipinski definition) is 3. The van der Waals surface area contributed by atoms with Crippen LogP contribution in [0, 0.1) is 13.8 Å². The third-order valence-corrected chi connectivity index (χ3v) is 2.28. The van der Waals surface area contributed by atoms with Crippen molar-refractivity contribution >= 4 is 17.8 Å². The molecule has 0 bridgehead atoms. The van der Waals surface area contributed by atoms with Crippen molar-refractivity contribution in [3.63, 3.8) is 0 Å². The molecule has 6 heteroatoms. The van der Waals surface area contributed by atoms with E-state index in [4.69, 9.17) is 19.0 Å². The van der Waals surface area contributed by atoms with E-state index in [0.717, 1.165) is 0 Å². The first-order valence-corrected chi connectivity index (χ1v) is 5.35. The molecule has 4 radical (unpaired) electrons. The van der Waals surface area contributed by atoms with Gasteiger partial charge in [-0.1, -0.05) is 0 Å². The SMILES string of the molecule is [CH]CNC(=O)c1ccc(C(=O)O)c(C(=O)NC[CH])c1. The highest BCUT2D eigenvalue weighted by atomic mass is 16.4. The molecular formula is C13H12N2O4. The molecule has 0 saturated heterocycles. The number of nitrogens with one attached hydrogen (secondary N) is 2. The van der Waals surface area contributed by atoms with Crippen LogP contribution >= 0.6 is 0 Å². The number of carbonyl (C=O) groups excluding carboxylic acids is 2. The normalized spacial score (nSPS) is 9.79. The third kappa shape index (κ3) is 3.54. The number of benzene rings is 1. The lowest BCUT2D eigenvalue weighted by Gasteiger charge is -2.08. The summed E-state index contributed by atoms with van der Waals surface area (Å²) in [5.41, 5.74) is -0.213. The van der Waals surface area contributed by atoms with Gasteiger partial charge in [-0.15, -0.1) is 0 Å². The average Bonchev–Trinajstić information content (AvgIpc) is 2.38. The minimum absolute atomic E-state index is 0.0656. The summed E-state index contributed by atoms with van der Waals surface area (Å²) in [5.74, 6) is -2.43. The van der Waals surface area contributed by atoms with Crippen LogP contribution in [0.3, 0.4) is 0 Å². The number of amides is 2. The molecule has 0 aromatic heterocycles. The third-order valence-electron chi connectivity index (χ3n) is 2.28. The van der Waals surface area contributed by atoms with E-state index in [0.29, 0.717) is 0 Å². The van der Waals surface area contributed by atoms with Crippen LogP contribution in [0.2, 0.25) is 0 Å². The summed E-state index contributed by atoms with van der Waals surface area (Å²) in [6.07, 6.45) is 0. The zero-order valence-corrected chi connectivity index (χ0v) is 9.97. The topological polar surface area (TPSA) is 95.5 Å². The Kier molecular flexibility index (Phi) is 5.05. The lowest BCUT2D eigenvalue weighted by atomic mass is 10.0. The predicted molar refractivity (Wildman–Crippen MR) is 66.7 cm³/mol. The average molecular weight is 260 g/mol. The summed E-state index contributed by atoms with van der Waals surface area (Å²) in [7, 11) is 0. The van der Waals surface area contributed by atoms with Gasteiger partial charge >= 0.3 is 5.97 Å². The van der Waals surface area contributed by atoms with E-state index in [-0.39, 0.29) is 29.8 Å². The van der Waals surface area contributed by atoms with Gasteiger partial charge in [0.25, 0.3) is 11.8 Å².